The highest BCUT2D eigenvalue weighted by Crippen LogP contribution is 2.33. The van der Waals surface area contributed by atoms with Crippen LogP contribution in [0, 0.1) is 0 Å². The number of hydrogen-bond donors (Lipinski definition) is 0. The number of rotatable bonds is 4. The number of hydrogen-bond acceptors (Lipinski definition) is 2. The van der Waals surface area contributed by atoms with Crippen molar-refractivity contribution in [2.75, 3.05) is 0 Å². The molecule has 2 nitrogen and oxygen atoms in total. The minimum absolute atomic E-state index is 0.240. The Hall–Kier alpha value is -0.600. The van der Waals surface area contributed by atoms with Crippen molar-refractivity contribution < 1.29 is 4.39 Å². The Morgan fingerprint density at radius 1 is 1.55 bits per heavy atom. The van der Waals surface area contributed by atoms with Crippen molar-refractivity contribution in [2.45, 2.75) is 6.92 Å². The molecule has 20 heavy (non-hydrogen) atoms. The zero-order chi connectivity index (χ0) is 14.7. The zero-order valence-corrected chi connectivity index (χ0v) is 15.2. The molecule has 0 aromatic carbocycles. The van der Waals surface area contributed by atoms with Gasteiger partial charge >= 0.3 is 0 Å². The molecule has 0 aliphatic heterocycles. The summed E-state index contributed by atoms with van der Waals surface area (Å²) in [6.07, 6.45) is 8.62. The maximum Gasteiger partial charge on any atom is 0.151 e. The van der Waals surface area contributed by atoms with E-state index >= 15 is 0 Å². The Labute approximate surface area is 141 Å². The fourth-order valence-electron chi connectivity index (χ4n) is 1.81. The van der Waals surface area contributed by atoms with E-state index in [1.807, 2.05) is 16.2 Å². The molecule has 2 heterocycles. The van der Waals surface area contributed by atoms with Crippen molar-refractivity contribution >= 4 is 62.9 Å². The molecule has 0 aliphatic carbocycles. The third-order valence-electron chi connectivity index (χ3n) is 2.68. The Kier molecular flexibility index (Phi) is 5.45. The van der Waals surface area contributed by atoms with Crippen LogP contribution in [-0.4, -0.2) is 8.96 Å². The minimum Gasteiger partial charge on any atom is -0.265 e. The van der Waals surface area contributed by atoms with Crippen LogP contribution in [0.25, 0.3) is 16.6 Å². The lowest BCUT2D eigenvalue weighted by Crippen LogP contribution is -1.82. The predicted molar refractivity (Wildman–Crippen MR) is 97.5 cm³/mol. The predicted octanol–water partition coefficient (Wildman–Crippen LogP) is 6.09. The molecule has 0 amide bonds. The van der Waals surface area contributed by atoms with Crippen LogP contribution < -0.4 is 0 Å². The fourth-order valence-corrected chi connectivity index (χ4v) is 3.40. The molecule has 0 radical (unpaired) electrons. The molecule has 2 aromatic rings. The number of pyridine rings is 1. The van der Waals surface area contributed by atoms with E-state index in [2.05, 4.69) is 48.7 Å². The highest BCUT2D eigenvalue weighted by molar-refractivity contribution is 14.2. The van der Waals surface area contributed by atoms with Gasteiger partial charge in [-0.1, -0.05) is 18.7 Å². The zero-order valence-electron chi connectivity index (χ0n) is 10.6. The average Bonchev–Trinajstić information content (AvgIpc) is 2.77. The molecule has 0 unspecified atom stereocenters. The largest absolute Gasteiger partial charge is 0.265 e. The molecular weight excluding hydrogens is 454 g/mol. The van der Waals surface area contributed by atoms with Crippen LogP contribution in [0.3, 0.4) is 0 Å². The molecule has 6 heteroatoms. The molecule has 2 rings (SSSR count). The van der Waals surface area contributed by atoms with E-state index in [0.29, 0.717) is 0 Å². The van der Waals surface area contributed by atoms with E-state index in [9.17, 15) is 4.39 Å². The van der Waals surface area contributed by atoms with Gasteiger partial charge in [0.2, 0.25) is 0 Å². The molecule has 0 spiro atoms. The lowest BCUT2D eigenvalue weighted by molar-refractivity contribution is 0.641. The first-order valence-electron chi connectivity index (χ1n) is 5.69. The normalized spacial score (nSPS) is 13.0. The van der Waals surface area contributed by atoms with Gasteiger partial charge in [-0.15, -0.1) is 0 Å². The van der Waals surface area contributed by atoms with Gasteiger partial charge in [-0.3, -0.25) is 3.97 Å². The van der Waals surface area contributed by atoms with Gasteiger partial charge in [-0.2, -0.15) is 0 Å². The van der Waals surface area contributed by atoms with Crippen molar-refractivity contribution in [3.05, 3.63) is 59.1 Å². The molecular formula is C14H11BrFIN2S. The molecule has 0 N–H and O–H groups in total. The van der Waals surface area contributed by atoms with E-state index in [4.69, 9.17) is 0 Å². The van der Waals surface area contributed by atoms with Gasteiger partial charge in [-0.25, -0.2) is 9.37 Å². The maximum atomic E-state index is 12.9. The van der Waals surface area contributed by atoms with Gasteiger partial charge in [0, 0.05) is 58.1 Å². The summed E-state index contributed by atoms with van der Waals surface area (Å²) in [5.74, 6) is -0.240. The fraction of sp³-hybridized carbons (Fsp3) is 0.0714. The van der Waals surface area contributed by atoms with Crippen molar-refractivity contribution in [3.8, 4) is 0 Å². The third-order valence-corrected chi connectivity index (χ3v) is 4.81. The maximum absolute atomic E-state index is 12.9. The highest BCUT2D eigenvalue weighted by atomic mass is 127. The summed E-state index contributed by atoms with van der Waals surface area (Å²) in [5, 5.41) is 1.000. The molecule has 0 bridgehead atoms. The SMILES string of the molecule is C=C/C(=C\C=C(/C)F)c1cn(SI)c2ncc(Br)cc12. The summed E-state index contributed by atoms with van der Waals surface area (Å²) >= 11 is 5.63. The number of fused-ring (bicyclic) bond motifs is 1. The van der Waals surface area contributed by atoms with Crippen LogP contribution in [0.2, 0.25) is 0 Å². The van der Waals surface area contributed by atoms with Gasteiger partial charge < -0.3 is 0 Å². The number of aromatic nitrogens is 2. The summed E-state index contributed by atoms with van der Waals surface area (Å²) in [4.78, 5) is 4.42. The van der Waals surface area contributed by atoms with E-state index in [1.54, 1.807) is 18.3 Å². The monoisotopic (exact) mass is 464 g/mol. The van der Waals surface area contributed by atoms with Crippen LogP contribution in [0.4, 0.5) is 4.39 Å². The third kappa shape index (κ3) is 3.35. The Morgan fingerprint density at radius 2 is 2.30 bits per heavy atom. The van der Waals surface area contributed by atoms with Crippen molar-refractivity contribution in [1.82, 2.24) is 8.96 Å². The second-order valence-electron chi connectivity index (χ2n) is 4.04. The van der Waals surface area contributed by atoms with Crippen LogP contribution >= 0.6 is 46.3 Å². The summed E-state index contributed by atoms with van der Waals surface area (Å²) in [6.45, 7) is 5.23. The Balaban J connectivity index is 2.69. The number of nitrogens with zero attached hydrogens (tertiary/aromatic N) is 2. The first kappa shape index (κ1) is 15.8. The summed E-state index contributed by atoms with van der Waals surface area (Å²) in [7, 11) is 1.54. The highest BCUT2D eigenvalue weighted by Gasteiger charge is 2.12. The van der Waals surface area contributed by atoms with Crippen LogP contribution in [0.15, 0.2) is 53.6 Å². The summed E-state index contributed by atoms with van der Waals surface area (Å²) in [6, 6.07) is 2.00. The molecule has 0 fully saturated rings. The van der Waals surface area contributed by atoms with Gasteiger partial charge in [0.1, 0.15) is 0 Å². The van der Waals surface area contributed by atoms with Gasteiger partial charge in [0.05, 0.1) is 5.83 Å². The molecule has 2 aromatic heterocycles. The van der Waals surface area contributed by atoms with E-state index in [0.717, 1.165) is 26.6 Å². The minimum atomic E-state index is -0.240. The van der Waals surface area contributed by atoms with E-state index in [1.165, 1.54) is 22.1 Å². The number of halogens is 3. The lowest BCUT2D eigenvalue weighted by atomic mass is 10.1. The van der Waals surface area contributed by atoms with Gasteiger partial charge in [0.25, 0.3) is 0 Å². The molecule has 104 valence electrons. The van der Waals surface area contributed by atoms with E-state index in [-0.39, 0.29) is 5.83 Å². The van der Waals surface area contributed by atoms with Crippen molar-refractivity contribution in [3.63, 3.8) is 0 Å². The van der Waals surface area contributed by atoms with Crippen LogP contribution in [0.5, 0.6) is 0 Å². The van der Waals surface area contributed by atoms with Crippen LogP contribution in [-0.2, 0) is 0 Å². The van der Waals surface area contributed by atoms with Gasteiger partial charge in [0.15, 0.2) is 5.65 Å². The smallest absolute Gasteiger partial charge is 0.151 e. The topological polar surface area (TPSA) is 17.8 Å². The Morgan fingerprint density at radius 3 is 2.90 bits per heavy atom. The molecule has 0 atom stereocenters. The second kappa shape index (κ2) is 6.91. The van der Waals surface area contributed by atoms with Crippen molar-refractivity contribution in [2.24, 2.45) is 0 Å². The number of allylic oxidation sites excluding steroid dienone is 5. The Bertz CT molecular complexity index is 717. The first-order valence-corrected chi connectivity index (χ1v) is 9.80. The average molecular weight is 465 g/mol. The molecule has 0 aliphatic rings. The first-order chi connectivity index (χ1) is 9.56. The van der Waals surface area contributed by atoms with Gasteiger partial charge in [-0.05, 0) is 40.6 Å². The summed E-state index contributed by atoms with van der Waals surface area (Å²) < 4.78 is 15.8. The van der Waals surface area contributed by atoms with Crippen LogP contribution in [0.1, 0.15) is 12.5 Å². The summed E-state index contributed by atoms with van der Waals surface area (Å²) in [5.41, 5.74) is 2.71. The molecule has 0 saturated carbocycles. The lowest BCUT2D eigenvalue weighted by Gasteiger charge is -1.99. The van der Waals surface area contributed by atoms with E-state index < -0.39 is 0 Å². The molecule has 0 saturated heterocycles. The quantitative estimate of drug-likeness (QED) is 0.402. The second-order valence-corrected chi connectivity index (χ2v) is 6.67. The van der Waals surface area contributed by atoms with Crippen molar-refractivity contribution in [1.29, 1.82) is 0 Å². The standard InChI is InChI=1S/C14H11BrFIN2S/c1-3-10(5-4-9(2)16)13-8-19(20-17)14-12(13)6-11(15)7-18-14/h3-8H,1H2,2H3/b9-4+,10-5+.